The number of rotatable bonds is 4. The Morgan fingerprint density at radius 3 is 2.64 bits per heavy atom. The molecule has 110 valence electrons. The quantitative estimate of drug-likeness (QED) is 0.772. The first-order chi connectivity index (χ1) is 10.6. The zero-order valence-electron chi connectivity index (χ0n) is 11.6. The molecule has 22 heavy (non-hydrogen) atoms. The number of hydrogen-bond acceptors (Lipinski definition) is 3. The van der Waals surface area contributed by atoms with E-state index in [1.165, 1.54) is 0 Å². The molecule has 0 bridgehead atoms. The van der Waals surface area contributed by atoms with Crippen molar-refractivity contribution in [3.63, 3.8) is 0 Å². The fraction of sp³-hybridized carbons (Fsp3) is 0.0588. The number of hydrogen-bond donors (Lipinski definition) is 1. The molecule has 3 rings (SSSR count). The molecule has 4 nitrogen and oxygen atoms in total. The molecule has 0 unspecified atom stereocenters. The third-order valence-corrected chi connectivity index (χ3v) is 3.70. The third kappa shape index (κ3) is 3.26. The summed E-state index contributed by atoms with van der Waals surface area (Å²) in [5.74, 6) is 0.872. The van der Waals surface area contributed by atoms with Crippen LogP contribution in [0.2, 0.25) is 0 Å². The van der Waals surface area contributed by atoms with E-state index >= 15 is 0 Å². The summed E-state index contributed by atoms with van der Waals surface area (Å²) < 4.78 is 6.53. The van der Waals surface area contributed by atoms with Gasteiger partial charge in [-0.05, 0) is 51.8 Å². The van der Waals surface area contributed by atoms with Gasteiger partial charge in [-0.25, -0.2) is 4.98 Å². The zero-order valence-corrected chi connectivity index (χ0v) is 13.2. The van der Waals surface area contributed by atoms with Crippen LogP contribution >= 0.6 is 15.9 Å². The summed E-state index contributed by atoms with van der Waals surface area (Å²) in [6.45, 7) is 0. The number of ether oxygens (including phenoxy) is 1. The minimum absolute atomic E-state index is 0.218. The van der Waals surface area contributed by atoms with Crippen molar-refractivity contribution in [2.75, 3.05) is 0 Å². The van der Waals surface area contributed by atoms with E-state index in [0.717, 1.165) is 26.7 Å². The van der Waals surface area contributed by atoms with Crippen molar-refractivity contribution < 1.29 is 9.53 Å². The molecule has 0 atom stereocenters. The lowest BCUT2D eigenvalue weighted by molar-refractivity contribution is -0.117. The molecule has 1 aromatic heterocycles. The average molecular weight is 357 g/mol. The summed E-state index contributed by atoms with van der Waals surface area (Å²) in [7, 11) is 0. The molecule has 1 amide bonds. The van der Waals surface area contributed by atoms with Crippen LogP contribution in [-0.4, -0.2) is 10.9 Å². The minimum atomic E-state index is -0.351. The molecule has 2 aromatic carbocycles. The number of benzene rings is 2. The second-order valence-corrected chi connectivity index (χ2v) is 5.71. The molecule has 0 radical (unpaired) electrons. The van der Waals surface area contributed by atoms with Gasteiger partial charge in [-0.3, -0.25) is 4.79 Å². The van der Waals surface area contributed by atoms with Gasteiger partial charge in [0.2, 0.25) is 11.8 Å². The summed E-state index contributed by atoms with van der Waals surface area (Å²) in [6.07, 6.45) is 0.218. The molecule has 0 saturated heterocycles. The molecule has 2 N–H and O–H groups in total. The van der Waals surface area contributed by atoms with Gasteiger partial charge >= 0.3 is 0 Å². The van der Waals surface area contributed by atoms with E-state index in [1.807, 2.05) is 54.6 Å². The van der Waals surface area contributed by atoms with Gasteiger partial charge in [-0.15, -0.1) is 0 Å². The van der Waals surface area contributed by atoms with Gasteiger partial charge in [-0.2, -0.15) is 0 Å². The number of aromatic nitrogens is 1. The predicted octanol–water partition coefficient (Wildman–Crippen LogP) is 3.82. The third-order valence-electron chi connectivity index (χ3n) is 3.14. The molecule has 1 heterocycles. The molecule has 0 saturated carbocycles. The van der Waals surface area contributed by atoms with Crippen molar-refractivity contribution in [2.45, 2.75) is 6.42 Å². The van der Waals surface area contributed by atoms with E-state index in [2.05, 4.69) is 20.9 Å². The van der Waals surface area contributed by atoms with Crippen molar-refractivity contribution in [1.82, 2.24) is 4.98 Å². The van der Waals surface area contributed by atoms with Crippen LogP contribution in [0.1, 0.15) is 5.56 Å². The maximum Gasteiger partial charge on any atom is 0.234 e. The van der Waals surface area contributed by atoms with E-state index < -0.39 is 0 Å². The number of pyridine rings is 1. The Bertz CT molecular complexity index is 835. The van der Waals surface area contributed by atoms with E-state index in [9.17, 15) is 4.79 Å². The smallest absolute Gasteiger partial charge is 0.234 e. The number of carbonyl (C=O) groups is 1. The number of para-hydroxylation sites is 1. The predicted molar refractivity (Wildman–Crippen MR) is 88.9 cm³/mol. The molecule has 0 aliphatic heterocycles. The van der Waals surface area contributed by atoms with Crippen molar-refractivity contribution in [3.8, 4) is 11.6 Å². The van der Waals surface area contributed by atoms with Crippen LogP contribution in [0.25, 0.3) is 10.9 Å². The fourth-order valence-electron chi connectivity index (χ4n) is 2.17. The lowest BCUT2D eigenvalue weighted by Gasteiger charge is -2.09. The number of fused-ring (bicyclic) bond motifs is 1. The summed E-state index contributed by atoms with van der Waals surface area (Å²) in [6, 6.07) is 17.0. The van der Waals surface area contributed by atoms with Gasteiger partial charge in [0.1, 0.15) is 5.75 Å². The van der Waals surface area contributed by atoms with E-state index in [0.29, 0.717) is 5.88 Å². The number of amides is 1. The van der Waals surface area contributed by atoms with Crippen molar-refractivity contribution in [2.24, 2.45) is 5.73 Å². The standard InChI is InChI=1S/C17H13BrN2O2/c18-14-10-12-8-11(9-16(19)21)6-7-15(12)20-17(14)22-13-4-2-1-3-5-13/h1-8,10H,9H2,(H2,19,21). The molecular weight excluding hydrogens is 344 g/mol. The number of carbonyl (C=O) groups excluding carboxylic acids is 1. The van der Waals surface area contributed by atoms with Gasteiger partial charge in [0.05, 0.1) is 16.4 Å². The van der Waals surface area contributed by atoms with Gasteiger partial charge < -0.3 is 10.5 Å². The number of halogens is 1. The van der Waals surface area contributed by atoms with Crippen LogP contribution in [-0.2, 0) is 11.2 Å². The Labute approximate surface area is 136 Å². The second kappa shape index (κ2) is 6.15. The largest absolute Gasteiger partial charge is 0.438 e. The first-order valence-electron chi connectivity index (χ1n) is 6.72. The Morgan fingerprint density at radius 1 is 1.14 bits per heavy atom. The Morgan fingerprint density at radius 2 is 1.91 bits per heavy atom. The summed E-state index contributed by atoms with van der Waals surface area (Å²) in [5, 5.41) is 0.922. The highest BCUT2D eigenvalue weighted by Gasteiger charge is 2.08. The Hall–Kier alpha value is -2.40. The topological polar surface area (TPSA) is 65.2 Å². The highest BCUT2D eigenvalue weighted by atomic mass is 79.9. The van der Waals surface area contributed by atoms with Crippen molar-refractivity contribution in [3.05, 3.63) is 64.6 Å². The van der Waals surface area contributed by atoms with Crippen molar-refractivity contribution in [1.29, 1.82) is 0 Å². The maximum absolute atomic E-state index is 11.0. The van der Waals surface area contributed by atoms with Crippen molar-refractivity contribution >= 4 is 32.7 Å². The minimum Gasteiger partial charge on any atom is -0.438 e. The van der Waals surface area contributed by atoms with E-state index in [-0.39, 0.29) is 12.3 Å². The SMILES string of the molecule is NC(=O)Cc1ccc2nc(Oc3ccccc3)c(Br)cc2c1. The van der Waals surface area contributed by atoms with Gasteiger partial charge in [0.25, 0.3) is 0 Å². The molecule has 0 spiro atoms. The molecule has 3 aromatic rings. The average Bonchev–Trinajstić information content (AvgIpc) is 2.49. The highest BCUT2D eigenvalue weighted by Crippen LogP contribution is 2.31. The van der Waals surface area contributed by atoms with E-state index in [1.54, 1.807) is 0 Å². The molecule has 0 fully saturated rings. The number of nitrogens with two attached hydrogens (primary N) is 1. The maximum atomic E-state index is 11.0. The Balaban J connectivity index is 1.96. The first-order valence-corrected chi connectivity index (χ1v) is 7.51. The summed E-state index contributed by atoms with van der Waals surface area (Å²) in [4.78, 5) is 15.5. The fourth-order valence-corrected chi connectivity index (χ4v) is 2.58. The van der Waals surface area contributed by atoms with E-state index in [4.69, 9.17) is 10.5 Å². The molecule has 0 aliphatic rings. The normalized spacial score (nSPS) is 10.6. The highest BCUT2D eigenvalue weighted by molar-refractivity contribution is 9.10. The first kappa shape index (κ1) is 14.5. The molecule has 0 aliphatic carbocycles. The number of primary amides is 1. The lowest BCUT2D eigenvalue weighted by atomic mass is 10.1. The van der Waals surface area contributed by atoms with Gasteiger partial charge in [0, 0.05) is 5.39 Å². The number of nitrogens with zero attached hydrogens (tertiary/aromatic N) is 1. The van der Waals surface area contributed by atoms with Crippen LogP contribution in [0, 0.1) is 0 Å². The Kier molecular flexibility index (Phi) is 4.06. The van der Waals surface area contributed by atoms with Crippen LogP contribution in [0.15, 0.2) is 59.1 Å². The van der Waals surface area contributed by atoms with Crippen LogP contribution in [0.3, 0.4) is 0 Å². The molecular formula is C17H13BrN2O2. The monoisotopic (exact) mass is 356 g/mol. The molecule has 5 heteroatoms. The summed E-state index contributed by atoms with van der Waals surface area (Å²) >= 11 is 3.47. The van der Waals surface area contributed by atoms with Gasteiger partial charge in [-0.1, -0.05) is 24.3 Å². The van der Waals surface area contributed by atoms with Crippen LogP contribution in [0.5, 0.6) is 11.6 Å². The van der Waals surface area contributed by atoms with Crippen LogP contribution in [0.4, 0.5) is 0 Å². The van der Waals surface area contributed by atoms with Gasteiger partial charge in [0.15, 0.2) is 0 Å². The summed E-state index contributed by atoms with van der Waals surface area (Å²) in [5.41, 5.74) is 6.88. The second-order valence-electron chi connectivity index (χ2n) is 4.86. The lowest BCUT2D eigenvalue weighted by Crippen LogP contribution is -2.13. The van der Waals surface area contributed by atoms with Crippen LogP contribution < -0.4 is 10.5 Å². The zero-order chi connectivity index (χ0) is 15.5.